The van der Waals surface area contributed by atoms with Crippen molar-refractivity contribution in [2.75, 3.05) is 6.54 Å². The third-order valence-electron chi connectivity index (χ3n) is 7.63. The van der Waals surface area contributed by atoms with Gasteiger partial charge in [0.1, 0.15) is 23.1 Å². The van der Waals surface area contributed by atoms with Crippen LogP contribution in [0.5, 0.6) is 11.5 Å². The normalized spacial score (nSPS) is 13.8. The van der Waals surface area contributed by atoms with Gasteiger partial charge in [0.05, 0.1) is 22.7 Å². The summed E-state index contributed by atoms with van der Waals surface area (Å²) in [6, 6.07) is 8.26. The molecule has 1 unspecified atom stereocenters. The van der Waals surface area contributed by atoms with E-state index in [2.05, 4.69) is 24.5 Å². The first-order chi connectivity index (χ1) is 21.9. The predicted octanol–water partition coefficient (Wildman–Crippen LogP) is 4.11. The number of benzene rings is 2. The number of aryl methyl sites for hydroxylation is 1. The molecule has 0 fully saturated rings. The summed E-state index contributed by atoms with van der Waals surface area (Å²) in [5, 5.41) is 26.7. The van der Waals surface area contributed by atoms with Crippen LogP contribution in [0.15, 0.2) is 75.9 Å². The molecule has 0 aliphatic heterocycles. The molecular weight excluding hydrogens is 588 g/mol. The molecule has 1 aromatic heterocycles. The third kappa shape index (κ3) is 8.02. The quantitative estimate of drug-likeness (QED) is 0.172. The predicted molar refractivity (Wildman–Crippen MR) is 178 cm³/mol. The molecule has 4 N–H and O–H groups in total. The second-order valence-corrected chi connectivity index (χ2v) is 12.1. The van der Waals surface area contributed by atoms with Gasteiger partial charge in [-0.15, -0.1) is 0 Å². The highest BCUT2D eigenvalue weighted by atomic mass is 16.5. The number of carbonyl (C=O) groups is 2. The fourth-order valence-corrected chi connectivity index (χ4v) is 5.19. The van der Waals surface area contributed by atoms with Crippen LogP contribution in [0.25, 0.3) is 16.6 Å². The number of rotatable bonds is 12. The van der Waals surface area contributed by atoms with Gasteiger partial charge in [0.2, 0.25) is 0 Å². The molecule has 1 atom stereocenters. The maximum Gasteiger partial charge on any atom is 0.335 e. The van der Waals surface area contributed by atoms with Crippen molar-refractivity contribution in [1.82, 2.24) is 19.8 Å². The maximum atomic E-state index is 13.7. The number of allylic oxidation sites excluding steroid dienone is 5. The number of phenols is 2. The number of aromatic nitrogens is 2. The molecule has 0 bridgehead atoms. The minimum atomic E-state index is -1.15. The largest absolute Gasteiger partial charge is 0.507 e. The van der Waals surface area contributed by atoms with E-state index in [1.807, 2.05) is 12.1 Å². The lowest BCUT2D eigenvalue weighted by molar-refractivity contribution is -0.149. The van der Waals surface area contributed by atoms with Gasteiger partial charge in [0, 0.05) is 13.6 Å². The van der Waals surface area contributed by atoms with Gasteiger partial charge in [-0.1, -0.05) is 43.7 Å². The number of phenolic OH excluding ortho intramolecular Hbond substituents is 2. The number of fused-ring (bicyclic) bond motifs is 1. The lowest BCUT2D eigenvalue weighted by Crippen LogP contribution is -2.43. The molecule has 4 rings (SSSR count). The summed E-state index contributed by atoms with van der Waals surface area (Å²) < 4.78 is 7.95. The Morgan fingerprint density at radius 2 is 1.74 bits per heavy atom. The zero-order valence-electron chi connectivity index (χ0n) is 26.9. The molecule has 1 aliphatic rings. The molecule has 11 nitrogen and oxygen atoms in total. The van der Waals surface area contributed by atoms with E-state index in [0.29, 0.717) is 41.1 Å². The van der Waals surface area contributed by atoms with Crippen LogP contribution in [0, 0.1) is 5.92 Å². The highest BCUT2D eigenvalue weighted by molar-refractivity contribution is 6.01. The van der Waals surface area contributed by atoms with Crippen LogP contribution in [-0.4, -0.2) is 49.9 Å². The Morgan fingerprint density at radius 3 is 2.41 bits per heavy atom. The number of ether oxygens (including phenoxy) is 1. The number of nitrogens with one attached hydrogen (secondary N) is 2. The van der Waals surface area contributed by atoms with Crippen LogP contribution < -0.4 is 21.9 Å². The molecule has 0 saturated carbocycles. The van der Waals surface area contributed by atoms with Crippen molar-refractivity contribution < 1.29 is 24.5 Å². The number of amides is 1. The zero-order chi connectivity index (χ0) is 33.5. The summed E-state index contributed by atoms with van der Waals surface area (Å²) >= 11 is 0. The molecule has 3 aromatic rings. The molecule has 1 amide bonds. The topological polar surface area (TPSA) is 152 Å². The highest BCUT2D eigenvalue weighted by Crippen LogP contribution is 2.27. The number of carbonyl (C=O) groups excluding carboxylic acids is 2. The van der Waals surface area contributed by atoms with Gasteiger partial charge >= 0.3 is 11.7 Å². The Hall–Kier alpha value is -4.90. The van der Waals surface area contributed by atoms with Gasteiger partial charge in [0.25, 0.3) is 11.5 Å². The lowest BCUT2D eigenvalue weighted by Gasteiger charge is -2.20. The van der Waals surface area contributed by atoms with Crippen LogP contribution in [0.4, 0.5) is 0 Å². The van der Waals surface area contributed by atoms with Crippen molar-refractivity contribution in [3.8, 4) is 11.5 Å². The van der Waals surface area contributed by atoms with Crippen LogP contribution in [0.2, 0.25) is 0 Å². The summed E-state index contributed by atoms with van der Waals surface area (Å²) in [7, 11) is 1.62. The second-order valence-electron chi connectivity index (χ2n) is 12.1. The average molecular weight is 631 g/mol. The zero-order valence-corrected chi connectivity index (χ0v) is 26.9. The van der Waals surface area contributed by atoms with Crippen molar-refractivity contribution in [2.24, 2.45) is 13.0 Å². The molecule has 0 spiro atoms. The van der Waals surface area contributed by atoms with E-state index < -0.39 is 46.8 Å². The van der Waals surface area contributed by atoms with E-state index in [-0.39, 0.29) is 12.0 Å². The SMILES string of the molecule is CC(C)CCNCc1ccc2c(c1)c(=O)n(C1=CC=C(CC(NC(=O)c3c(O)cccc3O)C(=O)OC(C)C)CC=C1)c(=O)n2C. The molecular formula is C35H42N4O7. The van der Waals surface area contributed by atoms with Gasteiger partial charge < -0.3 is 25.6 Å². The Labute approximate surface area is 267 Å². The Bertz CT molecular complexity index is 1810. The maximum absolute atomic E-state index is 13.7. The van der Waals surface area contributed by atoms with Crippen LogP contribution >= 0.6 is 0 Å². The van der Waals surface area contributed by atoms with Crippen LogP contribution in [-0.2, 0) is 23.1 Å². The minimum absolute atomic E-state index is 0.0393. The number of hydrogen-bond acceptors (Lipinski definition) is 8. The Kier molecular flexibility index (Phi) is 11.0. The number of aromatic hydroxyl groups is 2. The first-order valence-electron chi connectivity index (χ1n) is 15.4. The number of nitrogens with zero attached hydrogens (tertiary/aromatic N) is 2. The smallest absolute Gasteiger partial charge is 0.335 e. The first-order valence-corrected chi connectivity index (χ1v) is 15.4. The van der Waals surface area contributed by atoms with E-state index >= 15 is 0 Å². The number of esters is 1. The summed E-state index contributed by atoms with van der Waals surface area (Å²) in [4.78, 5) is 53.2. The van der Waals surface area contributed by atoms with Crippen LogP contribution in [0.1, 0.15) is 62.9 Å². The molecule has 11 heteroatoms. The third-order valence-corrected chi connectivity index (χ3v) is 7.63. The van der Waals surface area contributed by atoms with E-state index in [1.165, 1.54) is 22.8 Å². The molecule has 0 saturated heterocycles. The summed E-state index contributed by atoms with van der Waals surface area (Å²) in [5.74, 6) is -1.82. The molecule has 46 heavy (non-hydrogen) atoms. The molecule has 1 aliphatic carbocycles. The summed E-state index contributed by atoms with van der Waals surface area (Å²) in [6.07, 6.45) is 7.78. The van der Waals surface area contributed by atoms with E-state index in [1.54, 1.807) is 51.3 Å². The molecule has 244 valence electrons. The van der Waals surface area contributed by atoms with Gasteiger partial charge in [-0.2, -0.15) is 0 Å². The summed E-state index contributed by atoms with van der Waals surface area (Å²) in [5.41, 5.74) is 1.23. The van der Waals surface area contributed by atoms with E-state index in [4.69, 9.17) is 4.74 Å². The monoisotopic (exact) mass is 630 g/mol. The first kappa shape index (κ1) is 34.0. The van der Waals surface area contributed by atoms with Crippen molar-refractivity contribution in [3.63, 3.8) is 0 Å². The second kappa shape index (κ2) is 14.9. The fraction of sp³-hybridized carbons (Fsp3) is 0.371. The molecule has 0 radical (unpaired) electrons. The van der Waals surface area contributed by atoms with Gasteiger partial charge in [-0.3, -0.25) is 14.2 Å². The van der Waals surface area contributed by atoms with Crippen molar-refractivity contribution in [2.45, 2.75) is 65.6 Å². The van der Waals surface area contributed by atoms with Crippen molar-refractivity contribution >= 4 is 28.5 Å². The fourth-order valence-electron chi connectivity index (χ4n) is 5.19. The summed E-state index contributed by atoms with van der Waals surface area (Å²) in [6.45, 7) is 9.15. The Balaban J connectivity index is 1.64. The number of hydrogen-bond donors (Lipinski definition) is 4. The van der Waals surface area contributed by atoms with Gasteiger partial charge in [-0.05, 0) is 87.6 Å². The van der Waals surface area contributed by atoms with Gasteiger partial charge in [0.15, 0.2) is 0 Å². The van der Waals surface area contributed by atoms with E-state index in [0.717, 1.165) is 23.1 Å². The molecule has 1 heterocycles. The molecule has 2 aromatic carbocycles. The van der Waals surface area contributed by atoms with Gasteiger partial charge in [-0.25, -0.2) is 14.2 Å². The van der Waals surface area contributed by atoms with E-state index in [9.17, 15) is 29.4 Å². The van der Waals surface area contributed by atoms with Crippen LogP contribution in [0.3, 0.4) is 0 Å². The Morgan fingerprint density at radius 1 is 1.02 bits per heavy atom. The van der Waals surface area contributed by atoms with Crippen molar-refractivity contribution in [1.29, 1.82) is 0 Å². The van der Waals surface area contributed by atoms with Crippen molar-refractivity contribution in [3.05, 3.63) is 98.2 Å². The highest BCUT2D eigenvalue weighted by Gasteiger charge is 2.27. The minimum Gasteiger partial charge on any atom is -0.507 e. The lowest BCUT2D eigenvalue weighted by atomic mass is 10.0. The average Bonchev–Trinajstić information content (AvgIpc) is 3.22. The standard InChI is InChI=1S/C35H42N4O7/c1-21(2)16-17-36-20-24-13-15-28-26(18-24)33(43)39(35(45)38(28)5)25-9-6-8-23(12-14-25)19-27(34(44)46-22(3)4)37-32(42)31-29(40)10-7-11-30(31)41/h6-7,9-15,18,21-22,27,36,40-41H,8,16-17,19-20H2,1-5H3,(H,37,42).